The Morgan fingerprint density at radius 1 is 0.409 bits per heavy atom. The highest BCUT2D eigenvalue weighted by molar-refractivity contribution is 5.75. The molecule has 44 heavy (non-hydrogen) atoms. The monoisotopic (exact) mass is 566 g/mol. The Morgan fingerprint density at radius 3 is 1.27 bits per heavy atom. The first-order valence-electron chi connectivity index (χ1n) is 15.0. The van der Waals surface area contributed by atoms with Gasteiger partial charge < -0.3 is 10.6 Å². The Hall–Kier alpha value is -5.74. The zero-order chi connectivity index (χ0) is 29.3. The smallest absolute Gasteiger partial charge is 0.0893 e. The highest BCUT2D eigenvalue weighted by Gasteiger charge is 2.29. The Labute approximate surface area is 257 Å². The van der Waals surface area contributed by atoms with Gasteiger partial charge in [0.1, 0.15) is 0 Å². The second-order valence-electron chi connectivity index (χ2n) is 11.2. The zero-order valence-corrected chi connectivity index (χ0v) is 24.1. The van der Waals surface area contributed by atoms with Gasteiger partial charge in [-0.15, -0.1) is 0 Å². The van der Waals surface area contributed by atoms with Gasteiger partial charge in [0.05, 0.1) is 34.6 Å². The second kappa shape index (κ2) is 11.2. The van der Waals surface area contributed by atoms with Crippen LogP contribution in [0, 0.1) is 0 Å². The van der Waals surface area contributed by atoms with Crippen molar-refractivity contribution in [3.05, 3.63) is 191 Å². The minimum Gasteiger partial charge on any atom is -0.358 e. The second-order valence-corrected chi connectivity index (χ2v) is 11.2. The van der Waals surface area contributed by atoms with Crippen molar-refractivity contribution in [1.82, 2.24) is 9.97 Å². The van der Waals surface area contributed by atoms with Crippen LogP contribution in [0.2, 0.25) is 0 Å². The lowest BCUT2D eigenvalue weighted by Gasteiger charge is -2.14. The maximum Gasteiger partial charge on any atom is 0.0893 e. The SMILES string of the molecule is C(=C1Nc2ccccc2C1c1ccccc1)c1cccc(-c2cccc(C=C3Nc4ccccc4C3c3ccccc3)n2)n1. The fraction of sp³-hybridized carbons (Fsp3) is 0.0500. The number of hydrogen-bond acceptors (Lipinski definition) is 4. The van der Waals surface area contributed by atoms with E-state index < -0.39 is 0 Å². The number of hydrogen-bond donors (Lipinski definition) is 2. The number of rotatable bonds is 5. The first kappa shape index (κ1) is 25.9. The highest BCUT2D eigenvalue weighted by atomic mass is 14.9. The van der Waals surface area contributed by atoms with E-state index in [1.54, 1.807) is 0 Å². The van der Waals surface area contributed by atoms with Crippen molar-refractivity contribution in [3.63, 3.8) is 0 Å². The molecule has 4 heteroatoms. The van der Waals surface area contributed by atoms with Crippen molar-refractivity contribution in [3.8, 4) is 11.4 Å². The number of nitrogens with one attached hydrogen (secondary N) is 2. The molecule has 0 radical (unpaired) electrons. The van der Waals surface area contributed by atoms with Crippen LogP contribution in [0.4, 0.5) is 11.4 Å². The van der Waals surface area contributed by atoms with Crippen LogP contribution < -0.4 is 10.6 Å². The molecule has 0 saturated carbocycles. The van der Waals surface area contributed by atoms with Gasteiger partial charge in [-0.3, -0.25) is 0 Å². The molecule has 4 heterocycles. The average Bonchev–Trinajstić information content (AvgIpc) is 3.63. The van der Waals surface area contributed by atoms with Gasteiger partial charge in [-0.25, -0.2) is 9.97 Å². The van der Waals surface area contributed by atoms with E-state index in [1.165, 1.54) is 22.3 Å². The van der Waals surface area contributed by atoms with Gasteiger partial charge in [0.25, 0.3) is 0 Å². The van der Waals surface area contributed by atoms with Gasteiger partial charge in [0.2, 0.25) is 0 Å². The standard InChI is InChI=1S/C40H30N4/c1-3-13-27(14-4-1)39-31-19-7-9-21-33(31)43-37(39)25-29-17-11-23-35(41-29)36-24-12-18-30(42-36)26-38-40(28-15-5-2-6-16-28)32-20-8-10-22-34(32)44-38/h1-26,39-40,43-44H. The number of para-hydroxylation sites is 2. The Kier molecular flexibility index (Phi) is 6.58. The summed E-state index contributed by atoms with van der Waals surface area (Å²) in [7, 11) is 0. The summed E-state index contributed by atoms with van der Waals surface area (Å²) in [5.74, 6) is 0.262. The van der Waals surface area contributed by atoms with Crippen LogP contribution in [0.5, 0.6) is 0 Å². The number of allylic oxidation sites excluding steroid dienone is 2. The molecule has 2 aliphatic heterocycles. The van der Waals surface area contributed by atoms with Crippen molar-refractivity contribution in [2.45, 2.75) is 11.8 Å². The predicted molar refractivity (Wildman–Crippen MR) is 180 cm³/mol. The first-order valence-corrected chi connectivity index (χ1v) is 15.0. The molecule has 0 saturated heterocycles. The van der Waals surface area contributed by atoms with E-state index in [2.05, 4.69) is 156 Å². The van der Waals surface area contributed by atoms with Crippen molar-refractivity contribution in [1.29, 1.82) is 0 Å². The maximum absolute atomic E-state index is 5.05. The molecule has 0 spiro atoms. The molecule has 4 nitrogen and oxygen atoms in total. The molecule has 0 amide bonds. The zero-order valence-electron chi connectivity index (χ0n) is 24.1. The molecule has 2 atom stereocenters. The quantitative estimate of drug-likeness (QED) is 0.218. The Bertz CT molecular complexity index is 1880. The normalized spacial score (nSPS) is 18.5. The number of nitrogens with zero attached hydrogens (tertiary/aromatic N) is 2. The molecule has 0 fully saturated rings. The van der Waals surface area contributed by atoms with Gasteiger partial charge in [-0.05, 0) is 70.8 Å². The lowest BCUT2D eigenvalue weighted by Crippen LogP contribution is -2.03. The minimum absolute atomic E-state index is 0.131. The molecule has 2 unspecified atom stereocenters. The summed E-state index contributed by atoms with van der Waals surface area (Å²) in [6.45, 7) is 0. The van der Waals surface area contributed by atoms with E-state index >= 15 is 0 Å². The summed E-state index contributed by atoms with van der Waals surface area (Å²) in [6.07, 6.45) is 4.33. The fourth-order valence-corrected chi connectivity index (χ4v) is 6.43. The van der Waals surface area contributed by atoms with Crippen LogP contribution in [-0.4, -0.2) is 9.97 Å². The van der Waals surface area contributed by atoms with Crippen molar-refractivity contribution < 1.29 is 0 Å². The molecule has 2 aromatic heterocycles. The molecule has 0 bridgehead atoms. The van der Waals surface area contributed by atoms with Crippen molar-refractivity contribution >= 4 is 23.5 Å². The third-order valence-corrected chi connectivity index (χ3v) is 8.40. The minimum atomic E-state index is 0.131. The van der Waals surface area contributed by atoms with Crippen LogP contribution in [0.1, 0.15) is 45.5 Å². The summed E-state index contributed by atoms with van der Waals surface area (Å²) in [6, 6.07) is 50.6. The fourth-order valence-electron chi connectivity index (χ4n) is 6.43. The van der Waals surface area contributed by atoms with Gasteiger partial charge in [-0.1, -0.05) is 109 Å². The lowest BCUT2D eigenvalue weighted by atomic mass is 9.90. The molecule has 2 aliphatic rings. The average molecular weight is 567 g/mol. The van der Waals surface area contributed by atoms with Gasteiger partial charge in [0.15, 0.2) is 0 Å². The number of fused-ring (bicyclic) bond motifs is 2. The Balaban J connectivity index is 1.13. The van der Waals surface area contributed by atoms with E-state index in [1.807, 2.05) is 12.1 Å². The van der Waals surface area contributed by atoms with E-state index in [-0.39, 0.29) is 11.8 Å². The van der Waals surface area contributed by atoms with Gasteiger partial charge in [0, 0.05) is 22.8 Å². The van der Waals surface area contributed by atoms with Gasteiger partial charge in [-0.2, -0.15) is 0 Å². The van der Waals surface area contributed by atoms with Crippen LogP contribution in [0.15, 0.2) is 157 Å². The molecule has 210 valence electrons. The van der Waals surface area contributed by atoms with E-state index in [0.717, 1.165) is 45.5 Å². The summed E-state index contributed by atoms with van der Waals surface area (Å²) in [4.78, 5) is 10.1. The topological polar surface area (TPSA) is 49.8 Å². The summed E-state index contributed by atoms with van der Waals surface area (Å²) >= 11 is 0. The van der Waals surface area contributed by atoms with Crippen LogP contribution in [0.25, 0.3) is 23.5 Å². The van der Waals surface area contributed by atoms with E-state index in [4.69, 9.17) is 9.97 Å². The molecule has 0 aliphatic carbocycles. The molecule has 8 rings (SSSR count). The van der Waals surface area contributed by atoms with Gasteiger partial charge >= 0.3 is 0 Å². The number of anilines is 2. The summed E-state index contributed by atoms with van der Waals surface area (Å²) in [5.41, 5.74) is 13.0. The van der Waals surface area contributed by atoms with E-state index in [0.29, 0.717) is 0 Å². The Morgan fingerprint density at radius 2 is 0.818 bits per heavy atom. The van der Waals surface area contributed by atoms with Crippen molar-refractivity contribution in [2.24, 2.45) is 0 Å². The first-order chi connectivity index (χ1) is 21.8. The third kappa shape index (κ3) is 4.87. The maximum atomic E-state index is 5.05. The number of pyridine rings is 2. The number of aromatic nitrogens is 2. The summed E-state index contributed by atoms with van der Waals surface area (Å²) in [5, 5.41) is 7.31. The molecular formula is C40H30N4. The van der Waals surface area contributed by atoms with E-state index in [9.17, 15) is 0 Å². The number of benzene rings is 4. The van der Waals surface area contributed by atoms with Crippen LogP contribution in [-0.2, 0) is 0 Å². The van der Waals surface area contributed by atoms with Crippen LogP contribution >= 0.6 is 0 Å². The molecular weight excluding hydrogens is 536 g/mol. The summed E-state index contributed by atoms with van der Waals surface area (Å²) < 4.78 is 0. The third-order valence-electron chi connectivity index (χ3n) is 8.40. The van der Waals surface area contributed by atoms with Crippen LogP contribution in [0.3, 0.4) is 0 Å². The molecule has 4 aromatic carbocycles. The molecule has 6 aromatic rings. The predicted octanol–water partition coefficient (Wildman–Crippen LogP) is 9.34. The van der Waals surface area contributed by atoms with Crippen molar-refractivity contribution in [2.75, 3.05) is 10.6 Å². The highest BCUT2D eigenvalue weighted by Crippen LogP contribution is 2.44. The molecule has 2 N–H and O–H groups in total. The lowest BCUT2D eigenvalue weighted by molar-refractivity contribution is 1.01. The largest absolute Gasteiger partial charge is 0.358 e.